The van der Waals surface area contributed by atoms with Gasteiger partial charge in [-0.15, -0.1) is 0 Å². The van der Waals surface area contributed by atoms with Gasteiger partial charge in [-0.25, -0.2) is 18.7 Å². The van der Waals surface area contributed by atoms with Crippen LogP contribution in [-0.4, -0.2) is 46.2 Å². The first-order chi connectivity index (χ1) is 17.3. The predicted molar refractivity (Wildman–Crippen MR) is 129 cm³/mol. The maximum Gasteiger partial charge on any atom is 0.268 e. The van der Waals surface area contributed by atoms with Crippen molar-refractivity contribution >= 4 is 11.6 Å². The van der Waals surface area contributed by atoms with Gasteiger partial charge in [-0.3, -0.25) is 4.79 Å². The van der Waals surface area contributed by atoms with Crippen molar-refractivity contribution in [2.45, 2.75) is 36.8 Å². The summed E-state index contributed by atoms with van der Waals surface area (Å²) in [6.07, 6.45) is 3.36. The normalized spacial score (nSPS) is 20.2. The fourth-order valence-corrected chi connectivity index (χ4v) is 4.90. The number of hydrogen-bond donors (Lipinski definition) is 3. The third-order valence-corrected chi connectivity index (χ3v) is 6.98. The van der Waals surface area contributed by atoms with Crippen molar-refractivity contribution in [1.29, 1.82) is 5.26 Å². The molecule has 0 bridgehead atoms. The number of anilines is 1. The monoisotopic (exact) mass is 490 g/mol. The van der Waals surface area contributed by atoms with Crippen LogP contribution in [0.5, 0.6) is 0 Å². The van der Waals surface area contributed by atoms with Crippen molar-refractivity contribution in [1.82, 2.24) is 9.97 Å². The van der Waals surface area contributed by atoms with Crippen LogP contribution in [0.2, 0.25) is 0 Å². The van der Waals surface area contributed by atoms with Gasteiger partial charge in [-0.1, -0.05) is 18.2 Å². The molecule has 1 aliphatic carbocycles. The maximum atomic E-state index is 14.4. The number of primary amides is 1. The van der Waals surface area contributed by atoms with Crippen molar-refractivity contribution in [3.05, 3.63) is 65.5 Å². The molecule has 2 heterocycles. The molecule has 8 nitrogen and oxygen atoms in total. The van der Waals surface area contributed by atoms with Crippen LogP contribution in [-0.2, 0) is 5.41 Å². The van der Waals surface area contributed by atoms with E-state index in [0.29, 0.717) is 24.2 Å². The minimum absolute atomic E-state index is 0.133. The number of nitrogens with zero attached hydrogens (tertiary/aromatic N) is 4. The summed E-state index contributed by atoms with van der Waals surface area (Å²) >= 11 is 0. The second-order valence-corrected chi connectivity index (χ2v) is 9.33. The number of hydrogen-bond acceptors (Lipinski definition) is 7. The lowest BCUT2D eigenvalue weighted by Gasteiger charge is -2.29. The molecule has 0 radical (unpaired) electrons. The Balaban J connectivity index is 1.69. The van der Waals surface area contributed by atoms with E-state index in [1.807, 2.05) is 17.0 Å². The Kier molecular flexibility index (Phi) is 5.90. The van der Waals surface area contributed by atoms with Crippen LogP contribution in [0.15, 0.2) is 42.6 Å². The fraction of sp³-hybridized carbons (Fsp3) is 0.308. The molecule has 5 N–H and O–H groups in total. The number of nitrogens with two attached hydrogens (primary N) is 2. The van der Waals surface area contributed by atoms with Gasteiger partial charge in [0.2, 0.25) is 0 Å². The smallest absolute Gasteiger partial charge is 0.268 e. The largest absolute Gasteiger partial charge is 0.394 e. The van der Waals surface area contributed by atoms with E-state index < -0.39 is 28.5 Å². The number of rotatable bonds is 6. The summed E-state index contributed by atoms with van der Waals surface area (Å²) < 4.78 is 28.7. The molecule has 36 heavy (non-hydrogen) atoms. The van der Waals surface area contributed by atoms with Crippen LogP contribution in [0.3, 0.4) is 0 Å². The van der Waals surface area contributed by atoms with E-state index in [9.17, 15) is 23.9 Å². The summed E-state index contributed by atoms with van der Waals surface area (Å²) in [5, 5.41) is 19.7. The Morgan fingerprint density at radius 3 is 2.56 bits per heavy atom. The van der Waals surface area contributed by atoms with Crippen molar-refractivity contribution < 1.29 is 18.7 Å². The van der Waals surface area contributed by atoms with Crippen LogP contribution in [0.25, 0.3) is 22.5 Å². The first-order valence-corrected chi connectivity index (χ1v) is 11.6. The molecule has 10 heteroatoms. The van der Waals surface area contributed by atoms with Crippen molar-refractivity contribution in [3.8, 4) is 28.6 Å². The Morgan fingerprint density at radius 2 is 1.94 bits per heavy atom. The number of aliphatic hydroxyl groups is 1. The summed E-state index contributed by atoms with van der Waals surface area (Å²) in [6, 6.07) is 10.8. The molecule has 2 fully saturated rings. The number of amides is 1. The predicted octanol–water partition coefficient (Wildman–Crippen LogP) is 2.64. The Labute approximate surface area is 206 Å². The van der Waals surface area contributed by atoms with Gasteiger partial charge >= 0.3 is 0 Å². The minimum atomic E-state index is -0.895. The molecule has 2 aromatic carbocycles. The van der Waals surface area contributed by atoms with Crippen LogP contribution < -0.4 is 16.4 Å². The topological polar surface area (TPSA) is 142 Å². The third-order valence-electron chi connectivity index (χ3n) is 6.98. The molecule has 1 aromatic heterocycles. The zero-order chi connectivity index (χ0) is 25.6. The van der Waals surface area contributed by atoms with E-state index in [1.165, 1.54) is 12.3 Å². The van der Waals surface area contributed by atoms with E-state index in [1.54, 1.807) is 6.07 Å². The second-order valence-electron chi connectivity index (χ2n) is 9.33. The third kappa shape index (κ3) is 3.96. The lowest BCUT2D eigenvalue weighted by atomic mass is 9.92. The molecule has 2 aliphatic rings. The highest BCUT2D eigenvalue weighted by molar-refractivity contribution is 6.00. The lowest BCUT2D eigenvalue weighted by molar-refractivity contribution is 0.0996. The first-order valence-electron chi connectivity index (χ1n) is 11.6. The van der Waals surface area contributed by atoms with Gasteiger partial charge in [0.05, 0.1) is 29.7 Å². The van der Waals surface area contributed by atoms with E-state index in [4.69, 9.17) is 11.5 Å². The summed E-state index contributed by atoms with van der Waals surface area (Å²) in [5.41, 5.74) is 12.9. The van der Waals surface area contributed by atoms with Crippen molar-refractivity contribution in [2.75, 3.05) is 18.1 Å². The number of carbonyl (C=O) groups is 1. The zero-order valence-corrected chi connectivity index (χ0v) is 19.3. The molecule has 0 unspecified atom stereocenters. The van der Waals surface area contributed by atoms with Gasteiger partial charge in [0.25, 0.3) is 5.91 Å². The minimum Gasteiger partial charge on any atom is -0.394 e. The summed E-state index contributed by atoms with van der Waals surface area (Å²) in [6.45, 7) is 0.317. The lowest BCUT2D eigenvalue weighted by Crippen LogP contribution is -2.33. The highest BCUT2D eigenvalue weighted by Crippen LogP contribution is 2.50. The maximum absolute atomic E-state index is 14.4. The van der Waals surface area contributed by atoms with Gasteiger partial charge in [0.15, 0.2) is 5.82 Å². The number of carbonyl (C=O) groups excluding carboxylic acids is 1. The summed E-state index contributed by atoms with van der Waals surface area (Å²) in [5.74, 6) is -2.94. The van der Waals surface area contributed by atoms with Crippen LogP contribution in [0, 0.1) is 23.0 Å². The molecule has 3 aromatic rings. The molecule has 1 amide bonds. The van der Waals surface area contributed by atoms with E-state index in [-0.39, 0.29) is 35.8 Å². The number of aromatic nitrogens is 2. The molecule has 1 aliphatic heterocycles. The second kappa shape index (κ2) is 8.93. The number of halogens is 2. The molecular weight excluding hydrogens is 466 g/mol. The Hall–Kier alpha value is -3.94. The Bertz CT molecular complexity index is 1380. The average Bonchev–Trinajstić information content (AvgIpc) is 3.58. The van der Waals surface area contributed by atoms with E-state index >= 15 is 0 Å². The molecule has 184 valence electrons. The van der Waals surface area contributed by atoms with E-state index in [2.05, 4.69) is 16.0 Å². The van der Waals surface area contributed by atoms with Crippen LogP contribution >= 0.6 is 0 Å². The number of aliphatic hydroxyl groups excluding tert-OH is 1. The molecule has 1 saturated carbocycles. The number of benzene rings is 2. The summed E-state index contributed by atoms with van der Waals surface area (Å²) in [4.78, 5) is 22.7. The summed E-state index contributed by atoms with van der Waals surface area (Å²) in [7, 11) is 0. The van der Waals surface area contributed by atoms with Gasteiger partial charge in [0.1, 0.15) is 17.3 Å². The quantitative estimate of drug-likeness (QED) is 0.482. The molecule has 5 rings (SSSR count). The van der Waals surface area contributed by atoms with Crippen molar-refractivity contribution in [3.63, 3.8) is 0 Å². The fourth-order valence-electron chi connectivity index (χ4n) is 4.90. The van der Waals surface area contributed by atoms with Gasteiger partial charge in [-0.2, -0.15) is 5.26 Å². The van der Waals surface area contributed by atoms with Gasteiger partial charge in [-0.05, 0) is 43.0 Å². The first kappa shape index (κ1) is 23.8. The Morgan fingerprint density at radius 1 is 1.22 bits per heavy atom. The molecule has 2 atom stereocenters. The van der Waals surface area contributed by atoms with Gasteiger partial charge in [0, 0.05) is 35.6 Å². The van der Waals surface area contributed by atoms with E-state index in [0.717, 1.165) is 30.5 Å². The standard InChI is InChI=1S/C26H24F2N6O2/c27-19-2-1-3-20(28)22(19)25-32-10-18(23(33-25)24(31)36)17-5-4-14(26(13-29)6-7-26)8-21(17)34-11-15(30)9-16(34)12-35/h1-5,8,10,15-16,35H,6-7,9,11-12,30H2,(H2,31,36)/t15-,16-/m0/s1. The van der Waals surface area contributed by atoms with Crippen LogP contribution in [0.4, 0.5) is 14.5 Å². The highest BCUT2D eigenvalue weighted by Gasteiger charge is 2.45. The van der Waals surface area contributed by atoms with Crippen LogP contribution in [0.1, 0.15) is 35.3 Å². The molecule has 0 spiro atoms. The number of nitriles is 1. The van der Waals surface area contributed by atoms with Gasteiger partial charge < -0.3 is 21.5 Å². The zero-order valence-electron chi connectivity index (χ0n) is 19.3. The SMILES string of the molecule is N#CC1(c2ccc(-c3cnc(-c4c(F)cccc4F)nc3C(N)=O)c(N3C[C@@H](N)C[C@H]3CO)c2)CC1. The molecular formula is C26H24F2N6O2. The average molecular weight is 491 g/mol. The highest BCUT2D eigenvalue weighted by atomic mass is 19.1. The van der Waals surface area contributed by atoms with Crippen molar-refractivity contribution in [2.24, 2.45) is 11.5 Å². The molecule has 1 saturated heterocycles.